The van der Waals surface area contributed by atoms with Gasteiger partial charge in [0.15, 0.2) is 6.10 Å². The SMILES string of the molecule is CCCCC/C=C\C/C=C\C/C=C\C/C=C\CCCC(=O)O[C@@H](COC(=O)CCCCCCCCCCCCCCC)COC(=O)CCCCCCCCCCCCCCCCC. The average molecular weight is 883 g/mol. The second kappa shape index (κ2) is 52.0. The van der Waals surface area contributed by atoms with Crippen molar-refractivity contribution < 1.29 is 28.6 Å². The lowest BCUT2D eigenvalue weighted by Gasteiger charge is -2.18. The highest BCUT2D eigenvalue weighted by atomic mass is 16.6. The van der Waals surface area contributed by atoms with E-state index in [9.17, 15) is 14.4 Å². The molecule has 0 radical (unpaired) electrons. The Morgan fingerprint density at radius 3 is 0.937 bits per heavy atom. The lowest BCUT2D eigenvalue weighted by molar-refractivity contribution is -0.167. The Balaban J connectivity index is 4.44. The molecule has 366 valence electrons. The van der Waals surface area contributed by atoms with Crippen molar-refractivity contribution in [2.75, 3.05) is 13.2 Å². The van der Waals surface area contributed by atoms with E-state index >= 15 is 0 Å². The van der Waals surface area contributed by atoms with Crippen molar-refractivity contribution in [3.63, 3.8) is 0 Å². The number of unbranched alkanes of at least 4 members (excludes halogenated alkanes) is 30. The number of esters is 3. The van der Waals surface area contributed by atoms with Crippen LogP contribution in [0.25, 0.3) is 0 Å². The largest absolute Gasteiger partial charge is 0.462 e. The second-order valence-electron chi connectivity index (χ2n) is 18.2. The van der Waals surface area contributed by atoms with Crippen LogP contribution < -0.4 is 0 Å². The van der Waals surface area contributed by atoms with Gasteiger partial charge in [-0.3, -0.25) is 14.4 Å². The van der Waals surface area contributed by atoms with Gasteiger partial charge in [0.1, 0.15) is 13.2 Å². The predicted octanol–water partition coefficient (Wildman–Crippen LogP) is 17.9. The van der Waals surface area contributed by atoms with Gasteiger partial charge in [0.05, 0.1) is 0 Å². The van der Waals surface area contributed by atoms with Crippen LogP contribution in [-0.4, -0.2) is 37.2 Å². The fraction of sp³-hybridized carbons (Fsp3) is 0.807. The lowest BCUT2D eigenvalue weighted by Crippen LogP contribution is -2.30. The number of hydrogen-bond donors (Lipinski definition) is 0. The molecule has 0 saturated heterocycles. The maximum atomic E-state index is 12.8. The third-order valence-electron chi connectivity index (χ3n) is 11.8. The van der Waals surface area contributed by atoms with E-state index in [1.807, 2.05) is 0 Å². The fourth-order valence-electron chi connectivity index (χ4n) is 7.73. The minimum atomic E-state index is -0.797. The van der Waals surface area contributed by atoms with Gasteiger partial charge in [0, 0.05) is 19.3 Å². The molecule has 0 aromatic heterocycles. The van der Waals surface area contributed by atoms with Crippen molar-refractivity contribution in [2.45, 2.75) is 284 Å². The molecule has 63 heavy (non-hydrogen) atoms. The number of allylic oxidation sites excluding steroid dienone is 8. The summed E-state index contributed by atoms with van der Waals surface area (Å²) in [6.07, 6.45) is 62.4. The number of carbonyl (C=O) groups is 3. The minimum Gasteiger partial charge on any atom is -0.462 e. The predicted molar refractivity (Wildman–Crippen MR) is 270 cm³/mol. The summed E-state index contributed by atoms with van der Waals surface area (Å²) < 4.78 is 16.8. The van der Waals surface area contributed by atoms with Gasteiger partial charge in [-0.15, -0.1) is 0 Å². The average Bonchev–Trinajstić information content (AvgIpc) is 3.28. The van der Waals surface area contributed by atoms with Gasteiger partial charge >= 0.3 is 17.9 Å². The molecule has 0 N–H and O–H groups in total. The summed E-state index contributed by atoms with van der Waals surface area (Å²) in [6, 6.07) is 0. The Kier molecular flexibility index (Phi) is 49.8. The van der Waals surface area contributed by atoms with E-state index < -0.39 is 6.10 Å². The van der Waals surface area contributed by atoms with E-state index in [1.54, 1.807) is 0 Å². The highest BCUT2D eigenvalue weighted by Gasteiger charge is 2.19. The van der Waals surface area contributed by atoms with Crippen LogP contribution in [0, 0.1) is 0 Å². The van der Waals surface area contributed by atoms with Gasteiger partial charge in [-0.1, -0.05) is 249 Å². The van der Waals surface area contributed by atoms with Crippen LogP contribution in [0.3, 0.4) is 0 Å². The van der Waals surface area contributed by atoms with Gasteiger partial charge < -0.3 is 14.2 Å². The van der Waals surface area contributed by atoms with Crippen LogP contribution in [0.4, 0.5) is 0 Å². The van der Waals surface area contributed by atoms with Crippen molar-refractivity contribution in [3.05, 3.63) is 48.6 Å². The van der Waals surface area contributed by atoms with Gasteiger partial charge in [0.2, 0.25) is 0 Å². The summed E-state index contributed by atoms with van der Waals surface area (Å²) in [5.41, 5.74) is 0. The number of hydrogen-bond acceptors (Lipinski definition) is 6. The number of rotatable bonds is 49. The number of carbonyl (C=O) groups excluding carboxylic acids is 3. The molecule has 0 bridgehead atoms. The van der Waals surface area contributed by atoms with Crippen LogP contribution in [0.1, 0.15) is 278 Å². The maximum Gasteiger partial charge on any atom is 0.306 e. The third-order valence-corrected chi connectivity index (χ3v) is 11.8. The smallest absolute Gasteiger partial charge is 0.306 e. The van der Waals surface area contributed by atoms with Gasteiger partial charge in [0.25, 0.3) is 0 Å². The zero-order valence-corrected chi connectivity index (χ0v) is 41.8. The molecule has 0 unspecified atom stereocenters. The quantitative estimate of drug-likeness (QED) is 0.0262. The molecule has 6 nitrogen and oxygen atoms in total. The molecular weight excluding hydrogens is 781 g/mol. The monoisotopic (exact) mass is 883 g/mol. The zero-order chi connectivity index (χ0) is 45.8. The normalized spacial score (nSPS) is 12.4. The standard InChI is InChI=1S/C57H102O6/c1-4-7-10-13-16-19-22-25-27-28-30-33-36-39-42-45-48-51-57(60)63-54(52-61-55(58)49-46-43-40-37-34-31-24-21-18-15-12-9-6-3)53-62-56(59)50-47-44-41-38-35-32-29-26-23-20-17-14-11-8-5-2/h16,19,25,27,30,33,39,42,54H,4-15,17-18,20-24,26,28-29,31-32,34-38,40-41,43-53H2,1-3H3/b19-16-,27-25-,33-30-,42-39-/t54-/m0/s1. The van der Waals surface area contributed by atoms with E-state index in [1.165, 1.54) is 167 Å². The molecule has 0 heterocycles. The third kappa shape index (κ3) is 50.2. The highest BCUT2D eigenvalue weighted by Crippen LogP contribution is 2.16. The molecule has 6 heteroatoms. The highest BCUT2D eigenvalue weighted by molar-refractivity contribution is 5.71. The Morgan fingerprint density at radius 1 is 0.317 bits per heavy atom. The summed E-state index contributed by atoms with van der Waals surface area (Å²) in [7, 11) is 0. The van der Waals surface area contributed by atoms with E-state index in [2.05, 4.69) is 69.4 Å². The summed E-state index contributed by atoms with van der Waals surface area (Å²) in [5, 5.41) is 0. The number of ether oxygens (including phenoxy) is 3. The molecular formula is C57H102O6. The first-order valence-corrected chi connectivity index (χ1v) is 27.1. The topological polar surface area (TPSA) is 78.9 Å². The first kappa shape index (κ1) is 60.4. The first-order valence-electron chi connectivity index (χ1n) is 27.1. The van der Waals surface area contributed by atoms with E-state index in [0.717, 1.165) is 64.2 Å². The molecule has 0 aromatic rings. The molecule has 0 spiro atoms. The van der Waals surface area contributed by atoms with E-state index in [0.29, 0.717) is 19.3 Å². The molecule has 0 aliphatic carbocycles. The molecule has 1 atom stereocenters. The van der Waals surface area contributed by atoms with Crippen LogP contribution in [0.5, 0.6) is 0 Å². The molecule has 0 rings (SSSR count). The molecule has 0 fully saturated rings. The van der Waals surface area contributed by atoms with Crippen LogP contribution in [0.2, 0.25) is 0 Å². The molecule has 0 saturated carbocycles. The van der Waals surface area contributed by atoms with Gasteiger partial charge in [-0.25, -0.2) is 0 Å². The van der Waals surface area contributed by atoms with Crippen molar-refractivity contribution in [1.82, 2.24) is 0 Å². The summed E-state index contributed by atoms with van der Waals surface area (Å²) in [4.78, 5) is 38.0. The summed E-state index contributed by atoms with van der Waals surface area (Å²) >= 11 is 0. The molecule has 0 aromatic carbocycles. The van der Waals surface area contributed by atoms with Gasteiger partial charge in [-0.2, -0.15) is 0 Å². The van der Waals surface area contributed by atoms with E-state index in [4.69, 9.17) is 14.2 Å². The Hall–Kier alpha value is -2.63. The van der Waals surface area contributed by atoms with Crippen LogP contribution in [-0.2, 0) is 28.6 Å². The molecule has 0 amide bonds. The summed E-state index contributed by atoms with van der Waals surface area (Å²) in [5.74, 6) is -0.935. The zero-order valence-electron chi connectivity index (χ0n) is 41.8. The van der Waals surface area contributed by atoms with Crippen molar-refractivity contribution in [2.24, 2.45) is 0 Å². The maximum absolute atomic E-state index is 12.8. The Labute approximate surface area is 390 Å². The molecule has 0 aliphatic heterocycles. The first-order chi connectivity index (χ1) is 31.0. The van der Waals surface area contributed by atoms with Crippen LogP contribution >= 0.6 is 0 Å². The Bertz CT molecular complexity index is 1110. The van der Waals surface area contributed by atoms with Crippen molar-refractivity contribution in [1.29, 1.82) is 0 Å². The van der Waals surface area contributed by atoms with Crippen molar-refractivity contribution in [3.8, 4) is 0 Å². The minimum absolute atomic E-state index is 0.0908. The lowest BCUT2D eigenvalue weighted by atomic mass is 10.0. The molecule has 0 aliphatic rings. The van der Waals surface area contributed by atoms with Gasteiger partial charge in [-0.05, 0) is 57.8 Å². The van der Waals surface area contributed by atoms with Crippen molar-refractivity contribution >= 4 is 17.9 Å². The summed E-state index contributed by atoms with van der Waals surface area (Å²) in [6.45, 7) is 6.59. The Morgan fingerprint density at radius 2 is 0.587 bits per heavy atom. The van der Waals surface area contributed by atoms with Crippen LogP contribution in [0.15, 0.2) is 48.6 Å². The fourth-order valence-corrected chi connectivity index (χ4v) is 7.73. The second-order valence-corrected chi connectivity index (χ2v) is 18.2. The van der Waals surface area contributed by atoms with E-state index in [-0.39, 0.29) is 37.5 Å².